The van der Waals surface area contributed by atoms with Gasteiger partial charge in [0.2, 0.25) is 0 Å². The molecule has 1 aromatic heterocycles. The quantitative estimate of drug-likeness (QED) is 0.886. The number of rotatable bonds is 2. The van der Waals surface area contributed by atoms with E-state index in [1.54, 1.807) is 13.2 Å². The molecular formula is C15H21BrN4O. The van der Waals surface area contributed by atoms with E-state index in [0.717, 1.165) is 24.0 Å². The largest absolute Gasteiger partial charge is 0.372 e. The number of halogens is 1. The van der Waals surface area contributed by atoms with Crippen LogP contribution in [0.5, 0.6) is 0 Å². The third-order valence-corrected chi connectivity index (χ3v) is 5.19. The van der Waals surface area contributed by atoms with Crippen LogP contribution in [0.4, 0.5) is 5.82 Å². The Kier molecular flexibility index (Phi) is 4.17. The Labute approximate surface area is 133 Å². The number of anilines is 1. The summed E-state index contributed by atoms with van der Waals surface area (Å²) in [5.41, 5.74) is 0.646. The van der Waals surface area contributed by atoms with E-state index in [4.69, 9.17) is 0 Å². The zero-order valence-electron chi connectivity index (χ0n) is 12.5. The molecule has 2 unspecified atom stereocenters. The van der Waals surface area contributed by atoms with Crippen LogP contribution in [0.25, 0.3) is 0 Å². The second-order valence-electron chi connectivity index (χ2n) is 5.89. The van der Waals surface area contributed by atoms with Gasteiger partial charge in [-0.15, -0.1) is 0 Å². The summed E-state index contributed by atoms with van der Waals surface area (Å²) >= 11 is 3.41. The minimum Gasteiger partial charge on any atom is -0.372 e. The molecule has 1 aromatic rings. The maximum Gasteiger partial charge on any atom is 0.257 e. The Hall–Kier alpha value is -1.14. The van der Waals surface area contributed by atoms with Gasteiger partial charge in [0.1, 0.15) is 5.82 Å². The van der Waals surface area contributed by atoms with Gasteiger partial charge < -0.3 is 10.2 Å². The standard InChI is InChI=1S/C15H21BrN4O/c1-17-14-13(7-10(16)8-18-14)15(21)20-6-5-11-3-4-12(9-20)19(11)2/h7-8,11-12H,3-6,9H2,1-2H3,(H,17,18). The van der Waals surface area contributed by atoms with Gasteiger partial charge in [-0.05, 0) is 48.3 Å². The summed E-state index contributed by atoms with van der Waals surface area (Å²) in [5.74, 6) is 0.722. The van der Waals surface area contributed by atoms with Crippen LogP contribution in [0.15, 0.2) is 16.7 Å². The average Bonchev–Trinajstić information content (AvgIpc) is 2.71. The minimum absolute atomic E-state index is 0.0779. The zero-order chi connectivity index (χ0) is 15.0. The molecule has 0 spiro atoms. The number of nitrogens with zero attached hydrogens (tertiary/aromatic N) is 3. The molecule has 0 saturated carbocycles. The van der Waals surface area contributed by atoms with Crippen molar-refractivity contribution in [3.8, 4) is 0 Å². The number of carbonyl (C=O) groups excluding carboxylic acids is 1. The van der Waals surface area contributed by atoms with Crippen LogP contribution >= 0.6 is 15.9 Å². The van der Waals surface area contributed by atoms with Crippen molar-refractivity contribution < 1.29 is 4.79 Å². The molecule has 3 rings (SSSR count). The maximum atomic E-state index is 12.9. The number of hydrogen-bond donors (Lipinski definition) is 1. The third kappa shape index (κ3) is 2.79. The van der Waals surface area contributed by atoms with Crippen LogP contribution in [0.2, 0.25) is 0 Å². The topological polar surface area (TPSA) is 48.5 Å². The fourth-order valence-corrected chi connectivity index (χ4v) is 3.80. The number of amides is 1. The van der Waals surface area contributed by atoms with Crippen molar-refractivity contribution in [2.45, 2.75) is 31.3 Å². The number of aromatic nitrogens is 1. The summed E-state index contributed by atoms with van der Waals surface area (Å²) in [4.78, 5) is 21.6. The Balaban J connectivity index is 1.84. The highest BCUT2D eigenvalue weighted by Crippen LogP contribution is 2.29. The summed E-state index contributed by atoms with van der Waals surface area (Å²) in [6, 6.07) is 2.99. The van der Waals surface area contributed by atoms with Crippen molar-refractivity contribution in [3.05, 3.63) is 22.3 Å². The highest BCUT2D eigenvalue weighted by atomic mass is 79.9. The molecule has 2 atom stereocenters. The van der Waals surface area contributed by atoms with Crippen LogP contribution in [0, 0.1) is 0 Å². The lowest BCUT2D eigenvalue weighted by molar-refractivity contribution is 0.0741. The number of likely N-dealkylation sites (tertiary alicyclic amines) is 1. The van der Waals surface area contributed by atoms with Gasteiger partial charge in [0.25, 0.3) is 5.91 Å². The molecule has 3 heterocycles. The molecule has 2 bridgehead atoms. The van der Waals surface area contributed by atoms with E-state index < -0.39 is 0 Å². The van der Waals surface area contributed by atoms with Crippen LogP contribution in [0.3, 0.4) is 0 Å². The lowest BCUT2D eigenvalue weighted by Gasteiger charge is -2.26. The molecule has 2 saturated heterocycles. The van der Waals surface area contributed by atoms with Crippen molar-refractivity contribution in [1.29, 1.82) is 0 Å². The van der Waals surface area contributed by atoms with Crippen LogP contribution in [0.1, 0.15) is 29.6 Å². The molecule has 1 amide bonds. The predicted octanol–water partition coefficient (Wildman–Crippen LogP) is 2.19. The highest BCUT2D eigenvalue weighted by Gasteiger charge is 2.36. The first-order valence-electron chi connectivity index (χ1n) is 7.44. The second-order valence-corrected chi connectivity index (χ2v) is 6.81. The number of nitrogens with one attached hydrogen (secondary N) is 1. The Bertz CT molecular complexity index is 550. The van der Waals surface area contributed by atoms with Gasteiger partial charge in [0.15, 0.2) is 0 Å². The number of likely N-dealkylation sites (N-methyl/N-ethyl adjacent to an activating group) is 1. The first-order chi connectivity index (χ1) is 10.1. The first kappa shape index (κ1) is 14.8. The molecule has 0 aliphatic carbocycles. The van der Waals surface area contributed by atoms with Gasteiger partial charge in [-0.3, -0.25) is 9.69 Å². The summed E-state index contributed by atoms with van der Waals surface area (Å²) in [6.07, 6.45) is 5.24. The summed E-state index contributed by atoms with van der Waals surface area (Å²) < 4.78 is 0.832. The number of carbonyl (C=O) groups is 1. The molecule has 21 heavy (non-hydrogen) atoms. The first-order valence-corrected chi connectivity index (χ1v) is 8.24. The predicted molar refractivity (Wildman–Crippen MR) is 86.6 cm³/mol. The van der Waals surface area contributed by atoms with Crippen molar-refractivity contribution in [3.63, 3.8) is 0 Å². The Morgan fingerprint density at radius 2 is 2.14 bits per heavy atom. The molecule has 6 heteroatoms. The van der Waals surface area contributed by atoms with Gasteiger partial charge in [-0.2, -0.15) is 0 Å². The normalized spacial score (nSPS) is 25.8. The van der Waals surface area contributed by atoms with Gasteiger partial charge in [0, 0.05) is 42.9 Å². The monoisotopic (exact) mass is 352 g/mol. The van der Waals surface area contributed by atoms with Gasteiger partial charge in [-0.1, -0.05) is 0 Å². The van der Waals surface area contributed by atoms with Gasteiger partial charge in [0.05, 0.1) is 5.56 Å². The fourth-order valence-electron chi connectivity index (χ4n) is 3.47. The third-order valence-electron chi connectivity index (χ3n) is 4.76. The molecule has 0 radical (unpaired) electrons. The fraction of sp³-hybridized carbons (Fsp3) is 0.600. The number of pyridine rings is 1. The average molecular weight is 353 g/mol. The lowest BCUT2D eigenvalue weighted by Crippen LogP contribution is -2.40. The molecule has 0 aromatic carbocycles. The van der Waals surface area contributed by atoms with Crippen LogP contribution in [-0.2, 0) is 0 Å². The molecule has 2 aliphatic heterocycles. The van der Waals surface area contributed by atoms with Crippen LogP contribution < -0.4 is 5.32 Å². The van der Waals surface area contributed by atoms with Crippen molar-refractivity contribution in [1.82, 2.24) is 14.8 Å². The molecule has 114 valence electrons. The Morgan fingerprint density at radius 1 is 1.38 bits per heavy atom. The van der Waals surface area contributed by atoms with E-state index in [1.807, 2.05) is 11.0 Å². The summed E-state index contributed by atoms with van der Waals surface area (Å²) in [7, 11) is 3.99. The van der Waals surface area contributed by atoms with Gasteiger partial charge >= 0.3 is 0 Å². The zero-order valence-corrected chi connectivity index (χ0v) is 14.1. The molecule has 2 aliphatic rings. The lowest BCUT2D eigenvalue weighted by atomic mass is 10.1. The van der Waals surface area contributed by atoms with E-state index in [0.29, 0.717) is 23.5 Å². The smallest absolute Gasteiger partial charge is 0.257 e. The van der Waals surface area contributed by atoms with Gasteiger partial charge in [-0.25, -0.2) is 4.98 Å². The van der Waals surface area contributed by atoms with E-state index in [1.165, 1.54) is 12.8 Å². The van der Waals surface area contributed by atoms with E-state index in [2.05, 4.69) is 38.2 Å². The van der Waals surface area contributed by atoms with E-state index in [-0.39, 0.29) is 5.91 Å². The minimum atomic E-state index is 0.0779. The SMILES string of the molecule is CNc1ncc(Br)cc1C(=O)N1CCC2CCC(C1)N2C. The molecule has 1 N–H and O–H groups in total. The maximum absolute atomic E-state index is 12.9. The van der Waals surface area contributed by atoms with Crippen molar-refractivity contribution >= 4 is 27.7 Å². The molecule has 5 nitrogen and oxygen atoms in total. The van der Waals surface area contributed by atoms with E-state index >= 15 is 0 Å². The molecule has 2 fully saturated rings. The van der Waals surface area contributed by atoms with Crippen LogP contribution in [-0.4, -0.2) is 60.0 Å². The highest BCUT2D eigenvalue weighted by molar-refractivity contribution is 9.10. The van der Waals surface area contributed by atoms with E-state index in [9.17, 15) is 4.79 Å². The number of fused-ring (bicyclic) bond motifs is 2. The molecular weight excluding hydrogens is 332 g/mol. The second kappa shape index (κ2) is 5.93. The Morgan fingerprint density at radius 3 is 2.90 bits per heavy atom. The summed E-state index contributed by atoms with van der Waals surface area (Å²) in [6.45, 7) is 1.65. The number of hydrogen-bond acceptors (Lipinski definition) is 4. The van der Waals surface area contributed by atoms with Crippen molar-refractivity contribution in [2.75, 3.05) is 32.5 Å². The summed E-state index contributed by atoms with van der Waals surface area (Å²) in [5, 5.41) is 3.01. The van der Waals surface area contributed by atoms with Crippen molar-refractivity contribution in [2.24, 2.45) is 0 Å².